The third-order valence-electron chi connectivity index (χ3n) is 2.42. The van der Waals surface area contributed by atoms with Crippen LogP contribution >= 0.6 is 0 Å². The van der Waals surface area contributed by atoms with Crippen LogP contribution in [0, 0.1) is 0 Å². The van der Waals surface area contributed by atoms with Crippen LogP contribution in [0.4, 0.5) is 5.69 Å². The number of hydrogen-bond donors (Lipinski definition) is 2. The first kappa shape index (κ1) is 9.93. The minimum atomic E-state index is 0.0828. The van der Waals surface area contributed by atoms with Crippen molar-refractivity contribution in [2.45, 2.75) is 6.42 Å². The van der Waals surface area contributed by atoms with Crippen LogP contribution in [-0.2, 0) is 11.2 Å². The lowest BCUT2D eigenvalue weighted by Gasteiger charge is -2.02. The van der Waals surface area contributed by atoms with Gasteiger partial charge < -0.3 is 10.6 Å². The maximum Gasteiger partial charge on any atom is 0.228 e. The van der Waals surface area contributed by atoms with Crippen molar-refractivity contribution in [1.82, 2.24) is 5.32 Å². The summed E-state index contributed by atoms with van der Waals surface area (Å²) in [5, 5.41) is 5.92. The standard InChI is InChI=1S/C12H14N2O/c1-13-7-3-6-9-4-2-5-10-8-11(15)14-12(9)10/h2-6,13H,7-8H2,1H3,(H,14,15). The molecule has 1 aromatic carbocycles. The van der Waals surface area contributed by atoms with Gasteiger partial charge in [-0.05, 0) is 18.2 Å². The van der Waals surface area contributed by atoms with Crippen LogP contribution in [0.1, 0.15) is 11.1 Å². The number of fused-ring (bicyclic) bond motifs is 1. The van der Waals surface area contributed by atoms with Gasteiger partial charge in [-0.1, -0.05) is 30.4 Å². The van der Waals surface area contributed by atoms with Crippen molar-refractivity contribution in [2.24, 2.45) is 0 Å². The van der Waals surface area contributed by atoms with Crippen molar-refractivity contribution in [3.05, 3.63) is 35.4 Å². The Labute approximate surface area is 89.2 Å². The highest BCUT2D eigenvalue weighted by Gasteiger charge is 2.18. The molecule has 0 unspecified atom stereocenters. The van der Waals surface area contributed by atoms with E-state index >= 15 is 0 Å². The van der Waals surface area contributed by atoms with Crippen molar-refractivity contribution >= 4 is 17.7 Å². The van der Waals surface area contributed by atoms with Crippen molar-refractivity contribution < 1.29 is 4.79 Å². The molecule has 0 saturated heterocycles. The van der Waals surface area contributed by atoms with Gasteiger partial charge in [0.1, 0.15) is 0 Å². The van der Waals surface area contributed by atoms with E-state index in [4.69, 9.17) is 0 Å². The van der Waals surface area contributed by atoms with Gasteiger partial charge in [0.05, 0.1) is 12.1 Å². The van der Waals surface area contributed by atoms with E-state index in [1.165, 1.54) is 0 Å². The highest BCUT2D eigenvalue weighted by molar-refractivity contribution is 6.01. The van der Waals surface area contributed by atoms with E-state index in [-0.39, 0.29) is 5.91 Å². The topological polar surface area (TPSA) is 41.1 Å². The molecule has 1 amide bonds. The highest BCUT2D eigenvalue weighted by atomic mass is 16.1. The minimum Gasteiger partial charge on any atom is -0.325 e. The lowest BCUT2D eigenvalue weighted by Crippen LogP contribution is -2.05. The van der Waals surface area contributed by atoms with Crippen LogP contribution in [0.15, 0.2) is 24.3 Å². The molecule has 0 spiro atoms. The van der Waals surface area contributed by atoms with Gasteiger partial charge in [0.2, 0.25) is 5.91 Å². The number of benzene rings is 1. The number of likely N-dealkylation sites (N-methyl/N-ethyl adjacent to an activating group) is 1. The molecule has 0 bridgehead atoms. The molecule has 2 rings (SSSR count). The van der Waals surface area contributed by atoms with E-state index in [1.54, 1.807) is 0 Å². The Morgan fingerprint density at radius 3 is 3.20 bits per heavy atom. The van der Waals surface area contributed by atoms with E-state index in [2.05, 4.69) is 10.6 Å². The highest BCUT2D eigenvalue weighted by Crippen LogP contribution is 2.27. The Morgan fingerprint density at radius 2 is 2.40 bits per heavy atom. The average molecular weight is 202 g/mol. The van der Waals surface area contributed by atoms with Gasteiger partial charge in [-0.3, -0.25) is 4.79 Å². The Kier molecular flexibility index (Phi) is 2.83. The summed E-state index contributed by atoms with van der Waals surface area (Å²) in [6, 6.07) is 5.98. The van der Waals surface area contributed by atoms with Crippen molar-refractivity contribution in [3.8, 4) is 0 Å². The molecule has 2 N–H and O–H groups in total. The molecule has 1 aliphatic rings. The summed E-state index contributed by atoms with van der Waals surface area (Å²) in [6.07, 6.45) is 4.57. The molecular formula is C12H14N2O. The van der Waals surface area contributed by atoms with Gasteiger partial charge in [0.15, 0.2) is 0 Å². The number of amides is 1. The summed E-state index contributed by atoms with van der Waals surface area (Å²) in [5.74, 6) is 0.0828. The zero-order chi connectivity index (χ0) is 10.7. The zero-order valence-corrected chi connectivity index (χ0v) is 8.71. The summed E-state index contributed by atoms with van der Waals surface area (Å²) in [4.78, 5) is 11.2. The first-order valence-corrected chi connectivity index (χ1v) is 5.04. The maximum absolute atomic E-state index is 11.2. The smallest absolute Gasteiger partial charge is 0.228 e. The summed E-state index contributed by atoms with van der Waals surface area (Å²) in [6.45, 7) is 0.831. The Hall–Kier alpha value is -1.61. The third kappa shape index (κ3) is 2.07. The fourth-order valence-electron chi connectivity index (χ4n) is 1.72. The number of carbonyl (C=O) groups excluding carboxylic acids is 1. The van der Waals surface area contributed by atoms with Crippen LogP contribution in [0.2, 0.25) is 0 Å². The van der Waals surface area contributed by atoms with Crippen molar-refractivity contribution in [3.63, 3.8) is 0 Å². The van der Waals surface area contributed by atoms with Crippen molar-refractivity contribution in [1.29, 1.82) is 0 Å². The molecule has 1 aliphatic heterocycles. The quantitative estimate of drug-likeness (QED) is 0.778. The zero-order valence-electron chi connectivity index (χ0n) is 8.71. The first-order valence-electron chi connectivity index (χ1n) is 5.04. The van der Waals surface area contributed by atoms with Gasteiger partial charge in [-0.15, -0.1) is 0 Å². The molecule has 1 aromatic rings. The van der Waals surface area contributed by atoms with E-state index in [0.717, 1.165) is 23.4 Å². The van der Waals surface area contributed by atoms with Crippen LogP contribution in [0.25, 0.3) is 6.08 Å². The van der Waals surface area contributed by atoms with E-state index in [9.17, 15) is 4.79 Å². The second-order valence-corrected chi connectivity index (χ2v) is 3.57. The van der Waals surface area contributed by atoms with E-state index in [1.807, 2.05) is 37.4 Å². The summed E-state index contributed by atoms with van der Waals surface area (Å²) in [7, 11) is 1.90. The van der Waals surface area contributed by atoms with Gasteiger partial charge in [0.25, 0.3) is 0 Å². The molecule has 0 radical (unpaired) electrons. The number of anilines is 1. The molecule has 3 heteroatoms. The maximum atomic E-state index is 11.2. The molecule has 0 aliphatic carbocycles. The third-order valence-corrected chi connectivity index (χ3v) is 2.42. The Morgan fingerprint density at radius 1 is 1.53 bits per heavy atom. The van der Waals surface area contributed by atoms with Crippen molar-refractivity contribution in [2.75, 3.05) is 18.9 Å². The predicted molar refractivity (Wildman–Crippen MR) is 61.7 cm³/mol. The molecule has 0 atom stereocenters. The van der Waals surface area contributed by atoms with Gasteiger partial charge >= 0.3 is 0 Å². The number of rotatable bonds is 3. The van der Waals surface area contributed by atoms with Crippen LogP contribution in [-0.4, -0.2) is 19.5 Å². The predicted octanol–water partition coefficient (Wildman–Crippen LogP) is 1.41. The molecule has 3 nitrogen and oxygen atoms in total. The number of para-hydroxylation sites is 1. The van der Waals surface area contributed by atoms with E-state index in [0.29, 0.717) is 6.42 Å². The number of nitrogens with one attached hydrogen (secondary N) is 2. The molecule has 1 heterocycles. The average Bonchev–Trinajstić information content (AvgIpc) is 2.59. The SMILES string of the molecule is CNCC=Cc1cccc2c1NC(=O)C2. The number of carbonyl (C=O) groups is 1. The normalized spacial score (nSPS) is 14.3. The van der Waals surface area contributed by atoms with Gasteiger partial charge in [-0.2, -0.15) is 0 Å². The molecule has 15 heavy (non-hydrogen) atoms. The fraction of sp³-hybridized carbons (Fsp3) is 0.250. The summed E-state index contributed by atoms with van der Waals surface area (Å²) >= 11 is 0. The largest absolute Gasteiger partial charge is 0.325 e. The molecular weight excluding hydrogens is 188 g/mol. The minimum absolute atomic E-state index is 0.0828. The molecule has 0 aromatic heterocycles. The van der Waals surface area contributed by atoms with Crippen LogP contribution < -0.4 is 10.6 Å². The molecule has 0 saturated carbocycles. The fourth-order valence-corrected chi connectivity index (χ4v) is 1.72. The Balaban J connectivity index is 2.26. The Bertz CT molecular complexity index is 410. The number of hydrogen-bond acceptors (Lipinski definition) is 2. The van der Waals surface area contributed by atoms with Crippen LogP contribution in [0.3, 0.4) is 0 Å². The monoisotopic (exact) mass is 202 g/mol. The van der Waals surface area contributed by atoms with Gasteiger partial charge in [-0.25, -0.2) is 0 Å². The van der Waals surface area contributed by atoms with Gasteiger partial charge in [0, 0.05) is 6.54 Å². The first-order chi connectivity index (χ1) is 7.31. The molecule has 78 valence electrons. The lowest BCUT2D eigenvalue weighted by atomic mass is 10.1. The lowest BCUT2D eigenvalue weighted by molar-refractivity contribution is -0.115. The summed E-state index contributed by atoms with van der Waals surface area (Å²) in [5.41, 5.74) is 3.13. The second kappa shape index (κ2) is 4.28. The van der Waals surface area contributed by atoms with E-state index < -0.39 is 0 Å². The summed E-state index contributed by atoms with van der Waals surface area (Å²) < 4.78 is 0. The molecule has 0 fully saturated rings. The van der Waals surface area contributed by atoms with Crippen LogP contribution in [0.5, 0.6) is 0 Å². The second-order valence-electron chi connectivity index (χ2n) is 3.57.